The van der Waals surface area contributed by atoms with Crippen molar-refractivity contribution >= 4 is 11.6 Å². The maximum Gasteiger partial charge on any atom is 0.257 e. The first kappa shape index (κ1) is 16.3. The molecule has 0 aromatic heterocycles. The molecule has 5 nitrogen and oxygen atoms in total. The van der Waals surface area contributed by atoms with Crippen molar-refractivity contribution in [3.05, 3.63) is 24.3 Å². The van der Waals surface area contributed by atoms with Crippen molar-refractivity contribution in [3.63, 3.8) is 0 Å². The van der Waals surface area contributed by atoms with E-state index in [4.69, 9.17) is 15.2 Å². The van der Waals surface area contributed by atoms with E-state index in [-0.39, 0.29) is 17.9 Å². The molecule has 0 radical (unpaired) electrons. The molecule has 0 saturated heterocycles. The Kier molecular flexibility index (Phi) is 6.31. The van der Waals surface area contributed by atoms with Crippen molar-refractivity contribution in [2.45, 2.75) is 20.3 Å². The summed E-state index contributed by atoms with van der Waals surface area (Å²) in [6, 6.07) is 6.96. The summed E-state index contributed by atoms with van der Waals surface area (Å²) in [4.78, 5) is 11.7. The minimum Gasteiger partial charge on any atom is -0.484 e. The Hall–Kier alpha value is -1.75. The third kappa shape index (κ3) is 6.43. The van der Waals surface area contributed by atoms with E-state index in [0.29, 0.717) is 24.6 Å². The summed E-state index contributed by atoms with van der Waals surface area (Å²) in [5, 5.41) is 2.87. The molecule has 1 amide bonds. The van der Waals surface area contributed by atoms with E-state index in [1.807, 2.05) is 0 Å². The molecule has 0 aliphatic carbocycles. The molecule has 0 bridgehead atoms. The number of anilines is 1. The Balaban J connectivity index is 2.28. The van der Waals surface area contributed by atoms with Gasteiger partial charge >= 0.3 is 0 Å². The minimum atomic E-state index is -0.132. The van der Waals surface area contributed by atoms with Crippen molar-refractivity contribution in [1.82, 2.24) is 5.32 Å². The number of carbonyl (C=O) groups excluding carboxylic acids is 1. The topological polar surface area (TPSA) is 73.6 Å². The van der Waals surface area contributed by atoms with E-state index in [0.717, 1.165) is 6.42 Å². The first-order chi connectivity index (χ1) is 9.43. The van der Waals surface area contributed by atoms with Gasteiger partial charge in [0.15, 0.2) is 6.61 Å². The molecule has 0 aliphatic rings. The highest BCUT2D eigenvalue weighted by molar-refractivity contribution is 5.77. The van der Waals surface area contributed by atoms with Crippen molar-refractivity contribution < 1.29 is 14.3 Å². The molecule has 112 valence electrons. The zero-order valence-corrected chi connectivity index (χ0v) is 12.4. The number of nitrogen functional groups attached to an aromatic ring is 1. The Morgan fingerprint density at radius 3 is 2.55 bits per heavy atom. The van der Waals surface area contributed by atoms with Crippen LogP contribution in [0, 0.1) is 5.41 Å². The molecule has 1 aromatic rings. The van der Waals surface area contributed by atoms with E-state index in [1.54, 1.807) is 31.4 Å². The fourth-order valence-electron chi connectivity index (χ4n) is 1.57. The molecular formula is C15H24N2O3. The first-order valence-corrected chi connectivity index (χ1v) is 6.67. The van der Waals surface area contributed by atoms with Gasteiger partial charge in [-0.3, -0.25) is 4.79 Å². The summed E-state index contributed by atoms with van der Waals surface area (Å²) in [5.41, 5.74) is 6.25. The van der Waals surface area contributed by atoms with Gasteiger partial charge in [0.2, 0.25) is 0 Å². The molecule has 20 heavy (non-hydrogen) atoms. The van der Waals surface area contributed by atoms with E-state index < -0.39 is 0 Å². The smallest absolute Gasteiger partial charge is 0.257 e. The molecule has 0 spiro atoms. The number of methoxy groups -OCH3 is 1. The predicted molar refractivity (Wildman–Crippen MR) is 79.6 cm³/mol. The number of amides is 1. The van der Waals surface area contributed by atoms with Crippen LogP contribution in [0.2, 0.25) is 0 Å². The van der Waals surface area contributed by atoms with Crippen LogP contribution in [-0.4, -0.2) is 32.8 Å². The van der Waals surface area contributed by atoms with E-state index >= 15 is 0 Å². The first-order valence-electron chi connectivity index (χ1n) is 6.67. The van der Waals surface area contributed by atoms with Crippen molar-refractivity contribution in [2.75, 3.05) is 32.6 Å². The van der Waals surface area contributed by atoms with Gasteiger partial charge in [-0.2, -0.15) is 0 Å². The zero-order chi connectivity index (χ0) is 15.0. The highest BCUT2D eigenvalue weighted by Gasteiger charge is 2.18. The van der Waals surface area contributed by atoms with Gasteiger partial charge in [0.25, 0.3) is 5.91 Å². The number of carbonyl (C=O) groups is 1. The fourth-order valence-corrected chi connectivity index (χ4v) is 1.57. The average Bonchev–Trinajstić information content (AvgIpc) is 2.42. The number of benzene rings is 1. The highest BCUT2D eigenvalue weighted by atomic mass is 16.5. The molecule has 0 aliphatic heterocycles. The van der Waals surface area contributed by atoms with Gasteiger partial charge < -0.3 is 20.5 Å². The number of rotatable bonds is 8. The molecule has 1 aromatic carbocycles. The van der Waals surface area contributed by atoms with Gasteiger partial charge in [0, 0.05) is 25.9 Å². The molecule has 0 heterocycles. The SMILES string of the molecule is COCCC(C)(C)CNC(=O)COc1ccc(N)cc1. The van der Waals surface area contributed by atoms with Gasteiger partial charge in [0.1, 0.15) is 5.75 Å². The maximum absolute atomic E-state index is 11.7. The van der Waals surface area contributed by atoms with Crippen molar-refractivity contribution in [1.29, 1.82) is 0 Å². The Morgan fingerprint density at radius 2 is 1.95 bits per heavy atom. The fraction of sp³-hybridized carbons (Fsp3) is 0.533. The average molecular weight is 280 g/mol. The number of nitrogens with one attached hydrogen (secondary N) is 1. The van der Waals surface area contributed by atoms with Gasteiger partial charge in [-0.15, -0.1) is 0 Å². The summed E-state index contributed by atoms with van der Waals surface area (Å²) in [6.07, 6.45) is 0.891. The van der Waals surface area contributed by atoms with Crippen LogP contribution in [0.4, 0.5) is 5.69 Å². The van der Waals surface area contributed by atoms with Gasteiger partial charge in [-0.1, -0.05) is 13.8 Å². The number of nitrogens with two attached hydrogens (primary N) is 1. The monoisotopic (exact) mass is 280 g/mol. The Labute approximate surface area is 120 Å². The van der Waals surface area contributed by atoms with Gasteiger partial charge in [-0.05, 0) is 36.1 Å². The quantitative estimate of drug-likeness (QED) is 0.712. The van der Waals surface area contributed by atoms with Crippen LogP contribution >= 0.6 is 0 Å². The van der Waals surface area contributed by atoms with E-state index in [9.17, 15) is 4.79 Å². The summed E-state index contributed by atoms with van der Waals surface area (Å²) < 4.78 is 10.4. The Bertz CT molecular complexity index is 416. The lowest BCUT2D eigenvalue weighted by Crippen LogP contribution is -2.37. The minimum absolute atomic E-state index is 0.00424. The van der Waals surface area contributed by atoms with Crippen LogP contribution in [0.25, 0.3) is 0 Å². The maximum atomic E-state index is 11.7. The number of hydrogen-bond acceptors (Lipinski definition) is 4. The summed E-state index contributed by atoms with van der Waals surface area (Å²) >= 11 is 0. The lowest BCUT2D eigenvalue weighted by molar-refractivity contribution is -0.123. The molecule has 0 atom stereocenters. The number of hydrogen-bond donors (Lipinski definition) is 2. The second kappa shape index (κ2) is 7.75. The summed E-state index contributed by atoms with van der Waals surface area (Å²) in [5.74, 6) is 0.500. The molecule has 3 N–H and O–H groups in total. The van der Waals surface area contributed by atoms with Crippen LogP contribution < -0.4 is 15.8 Å². The zero-order valence-electron chi connectivity index (χ0n) is 12.4. The molecule has 1 rings (SSSR count). The molecule has 0 fully saturated rings. The molecule has 0 saturated carbocycles. The lowest BCUT2D eigenvalue weighted by Gasteiger charge is -2.24. The van der Waals surface area contributed by atoms with Crippen LogP contribution in [0.15, 0.2) is 24.3 Å². The standard InChI is InChI=1S/C15H24N2O3/c1-15(2,8-9-19-3)11-17-14(18)10-20-13-6-4-12(16)5-7-13/h4-7H,8-11,16H2,1-3H3,(H,17,18). The van der Waals surface area contributed by atoms with Crippen LogP contribution in [-0.2, 0) is 9.53 Å². The van der Waals surface area contributed by atoms with Gasteiger partial charge in [0.05, 0.1) is 0 Å². The van der Waals surface area contributed by atoms with Crippen LogP contribution in [0.5, 0.6) is 5.75 Å². The molecule has 5 heteroatoms. The normalized spacial score (nSPS) is 11.2. The third-order valence-electron chi connectivity index (χ3n) is 3.00. The second-order valence-electron chi connectivity index (χ2n) is 5.54. The van der Waals surface area contributed by atoms with Crippen LogP contribution in [0.3, 0.4) is 0 Å². The third-order valence-corrected chi connectivity index (χ3v) is 3.00. The largest absolute Gasteiger partial charge is 0.484 e. The molecular weight excluding hydrogens is 256 g/mol. The predicted octanol–water partition coefficient (Wildman–Crippen LogP) is 1.83. The number of ether oxygens (including phenoxy) is 2. The molecule has 0 unspecified atom stereocenters. The van der Waals surface area contributed by atoms with E-state index in [2.05, 4.69) is 19.2 Å². The second-order valence-corrected chi connectivity index (χ2v) is 5.54. The highest BCUT2D eigenvalue weighted by Crippen LogP contribution is 2.18. The van der Waals surface area contributed by atoms with Crippen molar-refractivity contribution in [3.8, 4) is 5.75 Å². The van der Waals surface area contributed by atoms with Crippen molar-refractivity contribution in [2.24, 2.45) is 5.41 Å². The van der Waals surface area contributed by atoms with Crippen LogP contribution in [0.1, 0.15) is 20.3 Å². The summed E-state index contributed by atoms with van der Waals surface area (Å²) in [6.45, 7) is 5.47. The Morgan fingerprint density at radius 1 is 1.30 bits per heavy atom. The lowest BCUT2D eigenvalue weighted by atomic mass is 9.90. The van der Waals surface area contributed by atoms with Gasteiger partial charge in [-0.25, -0.2) is 0 Å². The summed E-state index contributed by atoms with van der Waals surface area (Å²) in [7, 11) is 1.68. The van der Waals surface area contributed by atoms with E-state index in [1.165, 1.54) is 0 Å².